The van der Waals surface area contributed by atoms with Gasteiger partial charge in [-0.05, 0) is 30.2 Å². The van der Waals surface area contributed by atoms with E-state index in [1.807, 2.05) is 18.2 Å². The van der Waals surface area contributed by atoms with Gasteiger partial charge >= 0.3 is 0 Å². The number of aromatic nitrogens is 2. The van der Waals surface area contributed by atoms with Crippen LogP contribution in [0.1, 0.15) is 12.0 Å². The summed E-state index contributed by atoms with van der Waals surface area (Å²) in [5.41, 5.74) is 1.12. The van der Waals surface area contributed by atoms with Gasteiger partial charge in [0, 0.05) is 49.0 Å². The van der Waals surface area contributed by atoms with Crippen LogP contribution in [0, 0.1) is 0 Å². The van der Waals surface area contributed by atoms with E-state index in [0.717, 1.165) is 42.5 Å². The molecule has 0 radical (unpaired) electrons. The quantitative estimate of drug-likeness (QED) is 0.855. The summed E-state index contributed by atoms with van der Waals surface area (Å²) in [5, 5.41) is 1.41. The highest BCUT2D eigenvalue weighted by molar-refractivity contribution is 6.35. The molecule has 1 saturated heterocycles. The second-order valence-corrected chi connectivity index (χ2v) is 6.44. The summed E-state index contributed by atoms with van der Waals surface area (Å²) in [6.45, 7) is 2.91. The molecule has 0 saturated carbocycles. The van der Waals surface area contributed by atoms with Crippen LogP contribution in [0.15, 0.2) is 36.8 Å². The number of anilines is 1. The fourth-order valence-corrected chi connectivity index (χ4v) is 3.31. The van der Waals surface area contributed by atoms with Crippen molar-refractivity contribution in [3.05, 3.63) is 52.4 Å². The minimum Gasteiger partial charge on any atom is -0.355 e. The summed E-state index contributed by atoms with van der Waals surface area (Å²) in [6, 6.07) is 8.11. The summed E-state index contributed by atoms with van der Waals surface area (Å²) in [7, 11) is 2.09. The molecule has 0 bridgehead atoms. The first-order valence-corrected chi connectivity index (χ1v) is 8.04. The average Bonchev–Trinajstić information content (AvgIpc) is 2.99. The maximum Gasteiger partial charge on any atom is 0.131 e. The first-order valence-electron chi connectivity index (χ1n) is 7.28. The molecular weight excluding hydrogens is 319 g/mol. The van der Waals surface area contributed by atoms with E-state index in [2.05, 4.69) is 26.8 Å². The molecule has 1 atom stereocenters. The molecule has 116 valence electrons. The van der Waals surface area contributed by atoms with Crippen LogP contribution < -0.4 is 4.90 Å². The fourth-order valence-electron chi connectivity index (χ4n) is 2.84. The molecule has 22 heavy (non-hydrogen) atoms. The number of rotatable bonds is 4. The highest BCUT2D eigenvalue weighted by Gasteiger charge is 2.26. The van der Waals surface area contributed by atoms with Crippen molar-refractivity contribution in [1.29, 1.82) is 0 Å². The number of benzene rings is 1. The van der Waals surface area contributed by atoms with Crippen LogP contribution in [0.25, 0.3) is 0 Å². The minimum absolute atomic E-state index is 0.459. The smallest absolute Gasteiger partial charge is 0.131 e. The molecule has 3 rings (SSSR count). The van der Waals surface area contributed by atoms with Crippen molar-refractivity contribution in [3.8, 4) is 0 Å². The Morgan fingerprint density at radius 1 is 1.32 bits per heavy atom. The van der Waals surface area contributed by atoms with E-state index in [1.54, 1.807) is 18.6 Å². The first-order chi connectivity index (χ1) is 10.6. The average molecular weight is 337 g/mol. The lowest BCUT2D eigenvalue weighted by molar-refractivity contribution is 0.326. The SMILES string of the molecule is CN(c1ccncn1)C1CCN(Cc2ccc(Cl)cc2Cl)C1. The lowest BCUT2D eigenvalue weighted by Crippen LogP contribution is -2.34. The zero-order chi connectivity index (χ0) is 15.5. The van der Waals surface area contributed by atoms with Crippen molar-refractivity contribution in [1.82, 2.24) is 14.9 Å². The topological polar surface area (TPSA) is 32.3 Å². The van der Waals surface area contributed by atoms with Gasteiger partial charge in [0.05, 0.1) is 0 Å². The molecule has 0 aliphatic carbocycles. The van der Waals surface area contributed by atoms with E-state index < -0.39 is 0 Å². The maximum atomic E-state index is 6.26. The minimum atomic E-state index is 0.459. The Hall–Kier alpha value is -1.36. The summed E-state index contributed by atoms with van der Waals surface area (Å²) in [4.78, 5) is 12.9. The number of likely N-dealkylation sites (tertiary alicyclic amines) is 1. The lowest BCUT2D eigenvalue weighted by atomic mass is 10.2. The molecule has 1 unspecified atom stereocenters. The van der Waals surface area contributed by atoms with E-state index in [0.29, 0.717) is 11.1 Å². The van der Waals surface area contributed by atoms with Crippen LogP contribution in [0.3, 0.4) is 0 Å². The van der Waals surface area contributed by atoms with Gasteiger partial charge in [0.1, 0.15) is 12.1 Å². The van der Waals surface area contributed by atoms with Crippen molar-refractivity contribution in [2.45, 2.75) is 19.0 Å². The van der Waals surface area contributed by atoms with E-state index in [9.17, 15) is 0 Å². The molecule has 1 fully saturated rings. The monoisotopic (exact) mass is 336 g/mol. The molecule has 1 aromatic carbocycles. The molecule has 6 heteroatoms. The molecular formula is C16H18Cl2N4. The molecule has 1 aliphatic heterocycles. The van der Waals surface area contributed by atoms with Crippen LogP contribution in [0.4, 0.5) is 5.82 Å². The Kier molecular flexibility index (Phi) is 4.81. The number of hydrogen-bond acceptors (Lipinski definition) is 4. The maximum absolute atomic E-state index is 6.26. The molecule has 0 spiro atoms. The Labute approximate surface area is 140 Å². The predicted molar refractivity (Wildman–Crippen MR) is 90.6 cm³/mol. The van der Waals surface area contributed by atoms with E-state index >= 15 is 0 Å². The Bertz CT molecular complexity index is 635. The number of nitrogens with zero attached hydrogens (tertiary/aromatic N) is 4. The van der Waals surface area contributed by atoms with Gasteiger partial charge in [0.2, 0.25) is 0 Å². The van der Waals surface area contributed by atoms with Gasteiger partial charge in [0.25, 0.3) is 0 Å². The molecule has 0 N–H and O–H groups in total. The van der Waals surface area contributed by atoms with Gasteiger partial charge in [-0.25, -0.2) is 9.97 Å². The largest absolute Gasteiger partial charge is 0.355 e. The highest BCUT2D eigenvalue weighted by atomic mass is 35.5. The Morgan fingerprint density at radius 3 is 2.91 bits per heavy atom. The summed E-state index contributed by atoms with van der Waals surface area (Å²) < 4.78 is 0. The van der Waals surface area contributed by atoms with Crippen LogP contribution in [-0.2, 0) is 6.54 Å². The third-order valence-electron chi connectivity index (χ3n) is 4.13. The zero-order valence-corrected chi connectivity index (χ0v) is 13.9. The van der Waals surface area contributed by atoms with Gasteiger partial charge in [-0.3, -0.25) is 4.90 Å². The molecule has 2 aromatic rings. The Morgan fingerprint density at radius 2 is 2.18 bits per heavy atom. The van der Waals surface area contributed by atoms with Gasteiger partial charge in [-0.1, -0.05) is 29.3 Å². The second-order valence-electron chi connectivity index (χ2n) is 5.59. The van der Waals surface area contributed by atoms with Crippen molar-refractivity contribution < 1.29 is 0 Å². The van der Waals surface area contributed by atoms with Crippen LogP contribution >= 0.6 is 23.2 Å². The third-order valence-corrected chi connectivity index (χ3v) is 4.72. The van der Waals surface area contributed by atoms with Gasteiger partial charge in [-0.15, -0.1) is 0 Å². The van der Waals surface area contributed by atoms with Gasteiger partial charge in [0.15, 0.2) is 0 Å². The predicted octanol–water partition coefficient (Wildman–Crippen LogP) is 3.49. The fraction of sp³-hybridized carbons (Fsp3) is 0.375. The Balaban J connectivity index is 1.62. The van der Waals surface area contributed by atoms with E-state index in [1.165, 1.54) is 0 Å². The standard InChI is InChI=1S/C16H18Cl2N4/c1-21(16-4-6-19-11-20-16)14-5-7-22(10-14)9-12-2-3-13(17)8-15(12)18/h2-4,6,8,11,14H,5,7,9-10H2,1H3. The summed E-state index contributed by atoms with van der Waals surface area (Å²) in [6.07, 6.45) is 4.48. The second kappa shape index (κ2) is 6.82. The molecule has 4 nitrogen and oxygen atoms in total. The molecule has 0 amide bonds. The van der Waals surface area contributed by atoms with Gasteiger partial charge < -0.3 is 4.90 Å². The lowest BCUT2D eigenvalue weighted by Gasteiger charge is -2.25. The van der Waals surface area contributed by atoms with E-state index in [4.69, 9.17) is 23.2 Å². The number of halogens is 2. The molecule has 2 heterocycles. The van der Waals surface area contributed by atoms with Crippen molar-refractivity contribution >= 4 is 29.0 Å². The van der Waals surface area contributed by atoms with E-state index in [-0.39, 0.29) is 0 Å². The van der Waals surface area contributed by atoms with Crippen LogP contribution in [0.5, 0.6) is 0 Å². The van der Waals surface area contributed by atoms with Crippen molar-refractivity contribution in [3.63, 3.8) is 0 Å². The van der Waals surface area contributed by atoms with Crippen LogP contribution in [-0.4, -0.2) is 41.0 Å². The number of likely N-dealkylation sites (N-methyl/N-ethyl adjacent to an activating group) is 1. The summed E-state index contributed by atoms with van der Waals surface area (Å²) in [5.74, 6) is 0.964. The number of hydrogen-bond donors (Lipinski definition) is 0. The molecule has 1 aromatic heterocycles. The zero-order valence-electron chi connectivity index (χ0n) is 12.4. The van der Waals surface area contributed by atoms with Crippen molar-refractivity contribution in [2.75, 3.05) is 25.0 Å². The molecule has 1 aliphatic rings. The normalized spacial score (nSPS) is 18.6. The van der Waals surface area contributed by atoms with Gasteiger partial charge in [-0.2, -0.15) is 0 Å². The van der Waals surface area contributed by atoms with Crippen LogP contribution in [0.2, 0.25) is 10.0 Å². The summed E-state index contributed by atoms with van der Waals surface area (Å²) >= 11 is 12.2. The highest BCUT2D eigenvalue weighted by Crippen LogP contribution is 2.25. The van der Waals surface area contributed by atoms with Crippen molar-refractivity contribution in [2.24, 2.45) is 0 Å². The first kappa shape index (κ1) is 15.5. The third kappa shape index (κ3) is 3.51.